The molecule has 0 aliphatic rings. The molecule has 3 amide bonds. The van der Waals surface area contributed by atoms with Gasteiger partial charge in [0.1, 0.15) is 5.75 Å². The number of aromatic nitrogens is 1. The second-order valence-corrected chi connectivity index (χ2v) is 7.08. The number of nitrogens with zero attached hydrogens (tertiary/aromatic N) is 2. The number of nitrogens with one attached hydrogen (secondary N) is 2. The van der Waals surface area contributed by atoms with Gasteiger partial charge in [-0.05, 0) is 36.4 Å². The molecule has 0 spiro atoms. The predicted octanol–water partition coefficient (Wildman–Crippen LogP) is 4.00. The SMILES string of the molecule is CN(C)C(=O)c1ccc2nc(NC(=O)Nc3ccc(O)c(Cl)c3)sc2c1. The van der Waals surface area contributed by atoms with Crippen molar-refractivity contribution < 1.29 is 14.7 Å². The zero-order chi connectivity index (χ0) is 18.8. The molecule has 3 N–H and O–H groups in total. The molecule has 0 unspecified atom stereocenters. The number of aromatic hydroxyl groups is 1. The topological polar surface area (TPSA) is 94.6 Å². The summed E-state index contributed by atoms with van der Waals surface area (Å²) in [6, 6.07) is 9.05. The van der Waals surface area contributed by atoms with Gasteiger partial charge in [-0.1, -0.05) is 22.9 Å². The fourth-order valence-corrected chi connectivity index (χ4v) is 3.29. The minimum atomic E-state index is -0.490. The standard InChI is InChI=1S/C17H15ClN4O3S/c1-22(2)15(24)9-3-5-12-14(7-9)26-17(20-12)21-16(25)19-10-4-6-13(23)11(18)8-10/h3-8,23H,1-2H3,(H2,19,20,21,25). The highest BCUT2D eigenvalue weighted by molar-refractivity contribution is 7.22. The van der Waals surface area contributed by atoms with E-state index >= 15 is 0 Å². The second kappa shape index (κ2) is 7.19. The van der Waals surface area contributed by atoms with Crippen molar-refractivity contribution in [1.82, 2.24) is 9.88 Å². The van der Waals surface area contributed by atoms with Crippen LogP contribution < -0.4 is 10.6 Å². The van der Waals surface area contributed by atoms with E-state index in [1.807, 2.05) is 0 Å². The second-order valence-electron chi connectivity index (χ2n) is 5.65. The molecular formula is C17H15ClN4O3S. The van der Waals surface area contributed by atoms with Crippen molar-refractivity contribution >= 4 is 55.9 Å². The highest BCUT2D eigenvalue weighted by Crippen LogP contribution is 2.28. The summed E-state index contributed by atoms with van der Waals surface area (Å²) in [6.45, 7) is 0. The summed E-state index contributed by atoms with van der Waals surface area (Å²) in [7, 11) is 3.37. The highest BCUT2D eigenvalue weighted by Gasteiger charge is 2.12. The number of phenolic OH excluding ortho intramolecular Hbond substituents is 1. The van der Waals surface area contributed by atoms with Gasteiger partial charge >= 0.3 is 6.03 Å². The molecule has 0 saturated heterocycles. The number of carbonyl (C=O) groups excluding carboxylic acids is 2. The Hall–Kier alpha value is -2.84. The maximum Gasteiger partial charge on any atom is 0.325 e. The molecule has 1 aromatic heterocycles. The number of phenols is 1. The highest BCUT2D eigenvalue weighted by atomic mass is 35.5. The van der Waals surface area contributed by atoms with Gasteiger partial charge in [-0.2, -0.15) is 0 Å². The van der Waals surface area contributed by atoms with Gasteiger partial charge in [0.05, 0.1) is 15.2 Å². The molecular weight excluding hydrogens is 376 g/mol. The monoisotopic (exact) mass is 390 g/mol. The number of hydrogen-bond acceptors (Lipinski definition) is 5. The molecule has 9 heteroatoms. The van der Waals surface area contributed by atoms with Gasteiger partial charge in [-0.3, -0.25) is 10.1 Å². The summed E-state index contributed by atoms with van der Waals surface area (Å²) >= 11 is 7.08. The summed E-state index contributed by atoms with van der Waals surface area (Å²) in [4.78, 5) is 30.0. The van der Waals surface area contributed by atoms with E-state index in [0.717, 1.165) is 4.70 Å². The summed E-state index contributed by atoms with van der Waals surface area (Å²) < 4.78 is 0.792. The smallest absolute Gasteiger partial charge is 0.325 e. The first-order valence-corrected chi connectivity index (χ1v) is 8.71. The summed E-state index contributed by atoms with van der Waals surface area (Å²) in [5, 5.41) is 15.2. The van der Waals surface area contributed by atoms with Gasteiger partial charge in [0.2, 0.25) is 0 Å². The van der Waals surface area contributed by atoms with Crippen molar-refractivity contribution in [3.8, 4) is 5.75 Å². The predicted molar refractivity (Wildman–Crippen MR) is 103 cm³/mol. The van der Waals surface area contributed by atoms with Gasteiger partial charge in [0.15, 0.2) is 5.13 Å². The van der Waals surface area contributed by atoms with Crippen molar-refractivity contribution in [2.75, 3.05) is 24.7 Å². The van der Waals surface area contributed by atoms with Gasteiger partial charge in [0.25, 0.3) is 5.91 Å². The molecule has 0 atom stereocenters. The Balaban J connectivity index is 1.74. The van der Waals surface area contributed by atoms with Crippen molar-refractivity contribution in [1.29, 1.82) is 0 Å². The third kappa shape index (κ3) is 3.87. The van der Waals surface area contributed by atoms with Gasteiger partial charge in [0, 0.05) is 25.3 Å². The molecule has 0 aliphatic heterocycles. The Morgan fingerprint density at radius 3 is 2.62 bits per heavy atom. The first kappa shape index (κ1) is 18.0. The Bertz CT molecular complexity index is 1000. The Morgan fingerprint density at radius 2 is 1.92 bits per heavy atom. The van der Waals surface area contributed by atoms with Crippen LogP contribution in [0, 0.1) is 0 Å². The van der Waals surface area contributed by atoms with Crippen LogP contribution >= 0.6 is 22.9 Å². The van der Waals surface area contributed by atoms with E-state index in [0.29, 0.717) is 21.9 Å². The molecule has 3 aromatic rings. The normalized spacial score (nSPS) is 10.6. The first-order chi connectivity index (χ1) is 12.3. The van der Waals surface area contributed by atoms with E-state index < -0.39 is 6.03 Å². The number of anilines is 2. The molecule has 0 saturated carbocycles. The summed E-state index contributed by atoms with van der Waals surface area (Å²) in [5.41, 5.74) is 1.68. The van der Waals surface area contributed by atoms with Crippen LogP contribution in [-0.4, -0.2) is 41.0 Å². The van der Waals surface area contributed by atoms with E-state index in [4.69, 9.17) is 11.6 Å². The molecule has 7 nitrogen and oxygen atoms in total. The Kier molecular flexibility index (Phi) is 4.97. The fourth-order valence-electron chi connectivity index (χ4n) is 2.21. The van der Waals surface area contributed by atoms with Gasteiger partial charge in [-0.15, -0.1) is 0 Å². The molecule has 1 heterocycles. The van der Waals surface area contributed by atoms with Gasteiger partial charge < -0.3 is 15.3 Å². The third-order valence-corrected chi connectivity index (χ3v) is 4.70. The number of urea groups is 1. The fraction of sp³-hybridized carbons (Fsp3) is 0.118. The molecule has 3 rings (SSSR count). The molecule has 134 valence electrons. The van der Waals surface area contributed by atoms with Gasteiger partial charge in [-0.25, -0.2) is 9.78 Å². The number of fused-ring (bicyclic) bond motifs is 1. The van der Waals surface area contributed by atoms with E-state index in [-0.39, 0.29) is 16.7 Å². The van der Waals surface area contributed by atoms with E-state index in [2.05, 4.69) is 15.6 Å². The maximum atomic E-state index is 12.1. The third-order valence-electron chi connectivity index (χ3n) is 3.47. The van der Waals surface area contributed by atoms with Crippen LogP contribution in [0.3, 0.4) is 0 Å². The average molecular weight is 391 g/mol. The quantitative estimate of drug-likeness (QED) is 0.589. The van der Waals surface area contributed by atoms with E-state index in [9.17, 15) is 14.7 Å². The van der Waals surface area contributed by atoms with Crippen molar-refractivity contribution in [2.24, 2.45) is 0 Å². The van der Waals surface area contributed by atoms with Crippen LogP contribution in [0.5, 0.6) is 5.75 Å². The lowest BCUT2D eigenvalue weighted by Gasteiger charge is -2.09. The number of benzene rings is 2. The lowest BCUT2D eigenvalue weighted by molar-refractivity contribution is 0.0828. The number of hydrogen-bond donors (Lipinski definition) is 3. The lowest BCUT2D eigenvalue weighted by Crippen LogP contribution is -2.21. The largest absolute Gasteiger partial charge is 0.506 e. The zero-order valence-corrected chi connectivity index (χ0v) is 15.5. The maximum absolute atomic E-state index is 12.1. The van der Waals surface area contributed by atoms with Crippen LogP contribution in [0.1, 0.15) is 10.4 Å². The zero-order valence-electron chi connectivity index (χ0n) is 13.9. The average Bonchev–Trinajstić information content (AvgIpc) is 2.98. The molecule has 26 heavy (non-hydrogen) atoms. The minimum absolute atomic E-state index is 0.0631. The number of halogens is 1. The van der Waals surface area contributed by atoms with Crippen molar-refractivity contribution in [2.45, 2.75) is 0 Å². The van der Waals surface area contributed by atoms with Crippen LogP contribution in [-0.2, 0) is 0 Å². The molecule has 2 aromatic carbocycles. The number of amides is 3. The Labute approximate surface area is 158 Å². The lowest BCUT2D eigenvalue weighted by atomic mass is 10.2. The van der Waals surface area contributed by atoms with Crippen molar-refractivity contribution in [3.63, 3.8) is 0 Å². The number of thiazole rings is 1. The molecule has 0 aliphatic carbocycles. The molecule has 0 radical (unpaired) electrons. The van der Waals surface area contributed by atoms with E-state index in [1.54, 1.807) is 32.3 Å². The first-order valence-electron chi connectivity index (χ1n) is 7.52. The van der Waals surface area contributed by atoms with Crippen LogP contribution in [0.4, 0.5) is 15.6 Å². The molecule has 0 bridgehead atoms. The van der Waals surface area contributed by atoms with Crippen LogP contribution in [0.2, 0.25) is 5.02 Å². The van der Waals surface area contributed by atoms with E-state index in [1.165, 1.54) is 34.4 Å². The Morgan fingerprint density at radius 1 is 1.15 bits per heavy atom. The van der Waals surface area contributed by atoms with Crippen molar-refractivity contribution in [3.05, 3.63) is 47.0 Å². The number of rotatable bonds is 3. The molecule has 0 fully saturated rings. The summed E-state index contributed by atoms with van der Waals surface area (Å²) in [5.74, 6) is -0.163. The number of carbonyl (C=O) groups is 2. The van der Waals surface area contributed by atoms with Crippen LogP contribution in [0.15, 0.2) is 36.4 Å². The minimum Gasteiger partial charge on any atom is -0.506 e. The van der Waals surface area contributed by atoms with Crippen LogP contribution in [0.25, 0.3) is 10.2 Å². The summed E-state index contributed by atoms with van der Waals surface area (Å²) in [6.07, 6.45) is 0.